The van der Waals surface area contributed by atoms with E-state index in [1.807, 2.05) is 18.2 Å². The highest BCUT2D eigenvalue weighted by atomic mass is 79.9. The number of aromatic nitrogens is 3. The van der Waals surface area contributed by atoms with Crippen LogP contribution in [0.15, 0.2) is 22.7 Å². The second-order valence-electron chi connectivity index (χ2n) is 4.62. The first-order valence-corrected chi connectivity index (χ1v) is 7.51. The van der Waals surface area contributed by atoms with Gasteiger partial charge in [-0.2, -0.15) is 0 Å². The van der Waals surface area contributed by atoms with Crippen LogP contribution in [0.25, 0.3) is 0 Å². The van der Waals surface area contributed by atoms with E-state index in [0.29, 0.717) is 11.6 Å². The fourth-order valence-corrected chi connectivity index (χ4v) is 2.71. The molecule has 6 heteroatoms. The van der Waals surface area contributed by atoms with Crippen molar-refractivity contribution in [2.24, 2.45) is 0 Å². The van der Waals surface area contributed by atoms with Gasteiger partial charge in [0.15, 0.2) is 5.82 Å². The van der Waals surface area contributed by atoms with Crippen molar-refractivity contribution in [3.05, 3.63) is 39.3 Å². The van der Waals surface area contributed by atoms with Crippen LogP contribution in [0.5, 0.6) is 0 Å². The summed E-state index contributed by atoms with van der Waals surface area (Å²) in [6.45, 7) is 1.70. The summed E-state index contributed by atoms with van der Waals surface area (Å²) < 4.78 is 3.12. The van der Waals surface area contributed by atoms with Crippen molar-refractivity contribution in [2.45, 2.75) is 32.4 Å². The molecule has 0 fully saturated rings. The van der Waals surface area contributed by atoms with Gasteiger partial charge < -0.3 is 9.88 Å². The van der Waals surface area contributed by atoms with Crippen LogP contribution in [0.3, 0.4) is 0 Å². The maximum atomic E-state index is 6.07. The minimum atomic E-state index is 0.672. The van der Waals surface area contributed by atoms with Crippen LogP contribution in [-0.4, -0.2) is 14.8 Å². The van der Waals surface area contributed by atoms with Gasteiger partial charge in [0, 0.05) is 23.1 Å². The average molecular weight is 342 g/mol. The standard InChI is InChI=1S/C13H14BrClN4/c14-10-5-4-9(7-11(10)15)16-8-13-18-17-12-3-1-2-6-19(12)13/h4-5,7,16H,1-3,6,8H2. The Kier molecular flexibility index (Phi) is 3.75. The van der Waals surface area contributed by atoms with E-state index in [0.717, 1.165) is 34.8 Å². The van der Waals surface area contributed by atoms with Crippen LogP contribution in [-0.2, 0) is 19.5 Å². The van der Waals surface area contributed by atoms with Crippen LogP contribution in [0.2, 0.25) is 5.02 Å². The zero-order chi connectivity index (χ0) is 13.2. The molecule has 3 rings (SSSR count). The van der Waals surface area contributed by atoms with E-state index in [1.165, 1.54) is 12.8 Å². The van der Waals surface area contributed by atoms with E-state index in [1.54, 1.807) is 0 Å². The summed E-state index contributed by atoms with van der Waals surface area (Å²) in [4.78, 5) is 0. The van der Waals surface area contributed by atoms with Gasteiger partial charge in [0.25, 0.3) is 0 Å². The lowest BCUT2D eigenvalue weighted by molar-refractivity contribution is 0.510. The first kappa shape index (κ1) is 12.9. The third-order valence-electron chi connectivity index (χ3n) is 3.31. The van der Waals surface area contributed by atoms with E-state index >= 15 is 0 Å². The van der Waals surface area contributed by atoms with E-state index in [9.17, 15) is 0 Å². The summed E-state index contributed by atoms with van der Waals surface area (Å²) in [5, 5.41) is 12.5. The first-order chi connectivity index (χ1) is 9.24. The predicted molar refractivity (Wildman–Crippen MR) is 79.4 cm³/mol. The quantitative estimate of drug-likeness (QED) is 0.927. The molecule has 0 saturated carbocycles. The Morgan fingerprint density at radius 3 is 3.05 bits per heavy atom. The number of nitrogens with zero attached hydrogens (tertiary/aromatic N) is 3. The lowest BCUT2D eigenvalue weighted by Crippen LogP contribution is -2.15. The van der Waals surface area contributed by atoms with Gasteiger partial charge in [-0.05, 0) is 47.0 Å². The minimum Gasteiger partial charge on any atom is -0.378 e. The molecule has 0 amide bonds. The third-order valence-corrected chi connectivity index (χ3v) is 4.54. The van der Waals surface area contributed by atoms with Crippen LogP contribution in [0.1, 0.15) is 24.5 Å². The van der Waals surface area contributed by atoms with Crippen LogP contribution >= 0.6 is 27.5 Å². The molecule has 2 heterocycles. The molecule has 1 aromatic carbocycles. The summed E-state index contributed by atoms with van der Waals surface area (Å²) in [5.41, 5.74) is 0.987. The van der Waals surface area contributed by atoms with Crippen molar-refractivity contribution in [1.29, 1.82) is 0 Å². The van der Waals surface area contributed by atoms with Gasteiger partial charge in [0.05, 0.1) is 11.6 Å². The number of anilines is 1. The Balaban J connectivity index is 1.72. The van der Waals surface area contributed by atoms with Crippen molar-refractivity contribution in [1.82, 2.24) is 14.8 Å². The molecule has 100 valence electrons. The Morgan fingerprint density at radius 1 is 1.32 bits per heavy atom. The minimum absolute atomic E-state index is 0.672. The molecule has 0 spiro atoms. The number of nitrogens with one attached hydrogen (secondary N) is 1. The molecule has 1 aliphatic rings. The summed E-state index contributed by atoms with van der Waals surface area (Å²) in [5.74, 6) is 2.10. The van der Waals surface area contributed by atoms with Crippen molar-refractivity contribution in [3.8, 4) is 0 Å². The molecule has 0 aliphatic carbocycles. The lowest BCUT2D eigenvalue weighted by atomic mass is 10.2. The summed E-state index contributed by atoms with van der Waals surface area (Å²) >= 11 is 9.45. The number of rotatable bonds is 3. The molecule has 0 atom stereocenters. The molecule has 0 radical (unpaired) electrons. The Hall–Kier alpha value is -1.07. The molecule has 2 aromatic rings. The predicted octanol–water partition coefficient (Wildman–Crippen LogP) is 3.64. The van der Waals surface area contributed by atoms with E-state index in [4.69, 9.17) is 11.6 Å². The number of benzene rings is 1. The highest BCUT2D eigenvalue weighted by Gasteiger charge is 2.15. The van der Waals surface area contributed by atoms with Crippen LogP contribution in [0, 0.1) is 0 Å². The molecule has 0 bridgehead atoms. The second kappa shape index (κ2) is 5.51. The largest absolute Gasteiger partial charge is 0.378 e. The highest BCUT2D eigenvalue weighted by Crippen LogP contribution is 2.25. The summed E-state index contributed by atoms with van der Waals surface area (Å²) in [7, 11) is 0. The number of hydrogen-bond acceptors (Lipinski definition) is 3. The van der Waals surface area contributed by atoms with Crippen molar-refractivity contribution in [3.63, 3.8) is 0 Å². The first-order valence-electron chi connectivity index (χ1n) is 6.34. The number of halogens is 2. The van der Waals surface area contributed by atoms with E-state index in [2.05, 4.69) is 36.0 Å². The van der Waals surface area contributed by atoms with Crippen molar-refractivity contribution in [2.75, 3.05) is 5.32 Å². The van der Waals surface area contributed by atoms with Gasteiger partial charge in [0.2, 0.25) is 0 Å². The number of aryl methyl sites for hydroxylation is 1. The Labute approximate surface area is 125 Å². The number of fused-ring (bicyclic) bond motifs is 1. The highest BCUT2D eigenvalue weighted by molar-refractivity contribution is 9.10. The number of hydrogen-bond donors (Lipinski definition) is 1. The van der Waals surface area contributed by atoms with Crippen LogP contribution in [0.4, 0.5) is 5.69 Å². The topological polar surface area (TPSA) is 42.7 Å². The van der Waals surface area contributed by atoms with Gasteiger partial charge in [-0.25, -0.2) is 0 Å². The van der Waals surface area contributed by atoms with E-state index in [-0.39, 0.29) is 0 Å². The third kappa shape index (κ3) is 2.77. The van der Waals surface area contributed by atoms with Crippen molar-refractivity contribution < 1.29 is 0 Å². The maximum Gasteiger partial charge on any atom is 0.152 e. The molecule has 0 saturated heterocycles. The molecule has 1 aromatic heterocycles. The molecule has 1 N–H and O–H groups in total. The van der Waals surface area contributed by atoms with Gasteiger partial charge in [-0.3, -0.25) is 0 Å². The zero-order valence-electron chi connectivity index (χ0n) is 10.4. The smallest absolute Gasteiger partial charge is 0.152 e. The van der Waals surface area contributed by atoms with Gasteiger partial charge in [-0.1, -0.05) is 11.6 Å². The fourth-order valence-electron chi connectivity index (χ4n) is 2.29. The fraction of sp³-hybridized carbons (Fsp3) is 0.385. The Bertz CT molecular complexity index is 596. The molecular weight excluding hydrogens is 328 g/mol. The van der Waals surface area contributed by atoms with Gasteiger partial charge in [0.1, 0.15) is 5.82 Å². The monoisotopic (exact) mass is 340 g/mol. The second-order valence-corrected chi connectivity index (χ2v) is 5.89. The SMILES string of the molecule is Clc1cc(NCc2nnc3n2CCCC3)ccc1Br. The van der Waals surface area contributed by atoms with Crippen molar-refractivity contribution >= 4 is 33.2 Å². The zero-order valence-corrected chi connectivity index (χ0v) is 12.7. The average Bonchev–Trinajstić information content (AvgIpc) is 2.83. The molecule has 1 aliphatic heterocycles. The molecule has 4 nitrogen and oxygen atoms in total. The lowest BCUT2D eigenvalue weighted by Gasteiger charge is -2.15. The van der Waals surface area contributed by atoms with E-state index < -0.39 is 0 Å². The molecule has 0 unspecified atom stereocenters. The normalized spacial score (nSPS) is 14.2. The molecular formula is C13H14BrClN4. The van der Waals surface area contributed by atoms with Gasteiger partial charge >= 0.3 is 0 Å². The molecule has 19 heavy (non-hydrogen) atoms. The summed E-state index contributed by atoms with van der Waals surface area (Å²) in [6, 6.07) is 5.83. The Morgan fingerprint density at radius 2 is 2.21 bits per heavy atom. The van der Waals surface area contributed by atoms with Gasteiger partial charge in [-0.15, -0.1) is 10.2 Å². The summed E-state index contributed by atoms with van der Waals surface area (Å²) in [6.07, 6.45) is 3.47. The van der Waals surface area contributed by atoms with Crippen LogP contribution < -0.4 is 5.32 Å². The maximum absolute atomic E-state index is 6.07.